The van der Waals surface area contributed by atoms with Crippen LogP contribution in [0.25, 0.3) is 10.8 Å². The number of fused-ring (bicyclic) bond motifs is 1. The number of nitrogens with zero attached hydrogens (tertiary/aromatic N) is 1. The molecule has 1 unspecified atom stereocenters. The fraction of sp³-hybridized carbons (Fsp3) is 0.120. The quantitative estimate of drug-likeness (QED) is 0.449. The molecule has 0 bridgehead atoms. The van der Waals surface area contributed by atoms with Crippen LogP contribution in [0.5, 0.6) is 0 Å². The van der Waals surface area contributed by atoms with Gasteiger partial charge >= 0.3 is 0 Å². The molecule has 1 amide bonds. The van der Waals surface area contributed by atoms with Crippen LogP contribution in [0.4, 0.5) is 11.4 Å². The number of aromatic nitrogens is 1. The van der Waals surface area contributed by atoms with Gasteiger partial charge in [0.15, 0.2) is 0 Å². The lowest BCUT2D eigenvalue weighted by atomic mass is 10.1. The fourth-order valence-corrected chi connectivity index (χ4v) is 4.92. The molecule has 3 aromatic carbocycles. The Hall–Kier alpha value is -3.71. The molecule has 4 aromatic rings. The molecule has 160 valence electrons. The lowest BCUT2D eigenvalue weighted by Gasteiger charge is -2.09. The van der Waals surface area contributed by atoms with E-state index in [1.165, 1.54) is 0 Å². The summed E-state index contributed by atoms with van der Waals surface area (Å²) in [6.45, 7) is 0. The number of hydrogen-bond acceptors (Lipinski definition) is 4. The first-order valence-electron chi connectivity index (χ1n) is 10.3. The van der Waals surface area contributed by atoms with Crippen LogP contribution in [0.2, 0.25) is 0 Å². The predicted molar refractivity (Wildman–Crippen MR) is 125 cm³/mol. The van der Waals surface area contributed by atoms with Gasteiger partial charge < -0.3 is 5.32 Å². The molecule has 1 aliphatic rings. The van der Waals surface area contributed by atoms with Crippen LogP contribution in [-0.4, -0.2) is 19.3 Å². The summed E-state index contributed by atoms with van der Waals surface area (Å²) in [6.07, 6.45) is 4.26. The molecule has 1 aromatic heterocycles. The molecule has 1 heterocycles. The second-order valence-electron chi connectivity index (χ2n) is 7.92. The molecule has 0 radical (unpaired) electrons. The van der Waals surface area contributed by atoms with E-state index >= 15 is 0 Å². The number of amides is 1. The van der Waals surface area contributed by atoms with Crippen molar-refractivity contribution >= 4 is 38.1 Å². The molecule has 2 atom stereocenters. The van der Waals surface area contributed by atoms with Crippen LogP contribution in [0.3, 0.4) is 0 Å². The molecule has 0 saturated heterocycles. The number of rotatable bonds is 6. The van der Waals surface area contributed by atoms with Crippen LogP contribution < -0.4 is 10.0 Å². The van der Waals surface area contributed by atoms with Crippen molar-refractivity contribution < 1.29 is 13.2 Å². The highest BCUT2D eigenvalue weighted by Gasteiger charge is 2.44. The van der Waals surface area contributed by atoms with Crippen molar-refractivity contribution in [2.75, 3.05) is 10.0 Å². The average Bonchev–Trinajstić information content (AvgIpc) is 3.61. The zero-order valence-corrected chi connectivity index (χ0v) is 17.9. The van der Waals surface area contributed by atoms with E-state index in [2.05, 4.69) is 15.0 Å². The average molecular weight is 444 g/mol. The van der Waals surface area contributed by atoms with Crippen LogP contribution in [0, 0.1) is 5.92 Å². The van der Waals surface area contributed by atoms with Crippen molar-refractivity contribution in [2.45, 2.75) is 17.2 Å². The Morgan fingerprint density at radius 2 is 1.66 bits per heavy atom. The van der Waals surface area contributed by atoms with Gasteiger partial charge in [0.1, 0.15) is 0 Å². The van der Waals surface area contributed by atoms with Crippen molar-refractivity contribution in [1.29, 1.82) is 0 Å². The Balaban J connectivity index is 1.24. The summed E-state index contributed by atoms with van der Waals surface area (Å²) in [7, 11) is -3.66. The molecule has 1 saturated carbocycles. The number of para-hydroxylation sites is 1. The number of nitrogens with one attached hydrogen (secondary N) is 2. The van der Waals surface area contributed by atoms with Gasteiger partial charge in [0, 0.05) is 35.1 Å². The van der Waals surface area contributed by atoms with E-state index < -0.39 is 10.0 Å². The molecular formula is C25H21N3O3S. The predicted octanol–water partition coefficient (Wildman–Crippen LogP) is 4.78. The van der Waals surface area contributed by atoms with Crippen LogP contribution in [0.1, 0.15) is 17.9 Å². The van der Waals surface area contributed by atoms with E-state index in [1.807, 2.05) is 30.3 Å². The smallest absolute Gasteiger partial charge is 0.261 e. The Morgan fingerprint density at radius 3 is 2.44 bits per heavy atom. The minimum absolute atomic E-state index is 0.0224. The highest BCUT2D eigenvalue weighted by Crippen LogP contribution is 2.48. The van der Waals surface area contributed by atoms with Gasteiger partial charge in [-0.2, -0.15) is 0 Å². The minimum Gasteiger partial charge on any atom is -0.326 e. The summed E-state index contributed by atoms with van der Waals surface area (Å²) in [5, 5.41) is 5.03. The monoisotopic (exact) mass is 443 g/mol. The van der Waals surface area contributed by atoms with Gasteiger partial charge in [-0.25, -0.2) is 8.42 Å². The number of sulfonamides is 1. The largest absolute Gasteiger partial charge is 0.326 e. The van der Waals surface area contributed by atoms with Crippen molar-refractivity contribution in [3.8, 4) is 0 Å². The third-order valence-corrected chi connectivity index (χ3v) is 7.08. The second-order valence-corrected chi connectivity index (χ2v) is 9.60. The zero-order chi connectivity index (χ0) is 22.1. The first-order valence-corrected chi connectivity index (χ1v) is 11.8. The van der Waals surface area contributed by atoms with Gasteiger partial charge in [-0.3, -0.25) is 14.5 Å². The normalized spacial score (nSPS) is 17.6. The highest BCUT2D eigenvalue weighted by molar-refractivity contribution is 7.92. The summed E-state index contributed by atoms with van der Waals surface area (Å²) in [5.41, 5.74) is 2.24. The molecule has 6 nitrogen and oxygen atoms in total. The van der Waals surface area contributed by atoms with Crippen LogP contribution in [0.15, 0.2) is 96.2 Å². The zero-order valence-electron chi connectivity index (χ0n) is 17.1. The third-order valence-electron chi connectivity index (χ3n) is 5.68. The fourth-order valence-electron chi connectivity index (χ4n) is 3.86. The molecule has 1 aliphatic carbocycles. The molecule has 5 rings (SSSR count). The van der Waals surface area contributed by atoms with E-state index in [0.29, 0.717) is 5.69 Å². The highest BCUT2D eigenvalue weighted by atomic mass is 32.2. The summed E-state index contributed by atoms with van der Waals surface area (Å²) < 4.78 is 27.7. The summed E-state index contributed by atoms with van der Waals surface area (Å²) >= 11 is 0. The topological polar surface area (TPSA) is 88.2 Å². The first kappa shape index (κ1) is 20.2. The summed E-state index contributed by atoms with van der Waals surface area (Å²) in [5.74, 6) is -0.0441. The van der Waals surface area contributed by atoms with Crippen molar-refractivity contribution in [3.63, 3.8) is 0 Å². The number of hydrogen-bond donors (Lipinski definition) is 2. The lowest BCUT2D eigenvalue weighted by molar-refractivity contribution is -0.117. The number of carbonyl (C=O) groups excluding carboxylic acids is 1. The van der Waals surface area contributed by atoms with Crippen LogP contribution in [-0.2, 0) is 14.8 Å². The molecule has 32 heavy (non-hydrogen) atoms. The van der Waals surface area contributed by atoms with E-state index in [4.69, 9.17) is 0 Å². The van der Waals surface area contributed by atoms with E-state index in [-0.39, 0.29) is 22.6 Å². The van der Waals surface area contributed by atoms with Gasteiger partial charge in [0.2, 0.25) is 5.91 Å². The Bertz CT molecular complexity index is 1390. The SMILES string of the molecule is O=C(Nc1ccc2cnccc2c1)[C@@H]1CC1c1ccc(S(=O)(=O)Nc2ccccc2)cc1. The number of carbonyl (C=O) groups is 1. The van der Waals surface area contributed by atoms with Crippen molar-refractivity contribution in [3.05, 3.63) is 96.8 Å². The van der Waals surface area contributed by atoms with Gasteiger partial charge in [-0.1, -0.05) is 36.4 Å². The maximum absolute atomic E-state index is 12.7. The van der Waals surface area contributed by atoms with E-state index in [1.54, 1.807) is 60.9 Å². The Kier molecular flexibility index (Phi) is 5.11. The molecule has 2 N–H and O–H groups in total. The molecule has 0 aliphatic heterocycles. The summed E-state index contributed by atoms with van der Waals surface area (Å²) in [4.78, 5) is 17.0. The maximum Gasteiger partial charge on any atom is 0.261 e. The van der Waals surface area contributed by atoms with Gasteiger partial charge in [0.05, 0.1) is 4.90 Å². The third kappa shape index (κ3) is 4.20. The molecule has 7 heteroatoms. The maximum atomic E-state index is 12.7. The van der Waals surface area contributed by atoms with Gasteiger partial charge in [0.25, 0.3) is 10.0 Å². The first-order chi connectivity index (χ1) is 15.5. The van der Waals surface area contributed by atoms with Gasteiger partial charge in [-0.05, 0) is 65.8 Å². The number of pyridine rings is 1. The number of anilines is 2. The van der Waals surface area contributed by atoms with Gasteiger partial charge in [-0.15, -0.1) is 0 Å². The minimum atomic E-state index is -3.66. The number of benzene rings is 3. The Labute approximate surface area is 186 Å². The van der Waals surface area contributed by atoms with Crippen LogP contribution >= 0.6 is 0 Å². The molecule has 0 spiro atoms. The molecule has 1 fully saturated rings. The summed E-state index contributed by atoms with van der Waals surface area (Å²) in [6, 6.07) is 23.2. The second kappa shape index (κ2) is 8.09. The standard InChI is InChI=1S/C25H21N3O3S/c29-25(27-21-9-6-19-16-26-13-12-18(19)14-21)24-15-23(24)17-7-10-22(11-8-17)32(30,31)28-20-4-2-1-3-5-20/h1-14,16,23-24,28H,15H2,(H,27,29)/t23?,24-/m1/s1. The van der Waals surface area contributed by atoms with Crippen molar-refractivity contribution in [1.82, 2.24) is 4.98 Å². The van der Waals surface area contributed by atoms with Crippen molar-refractivity contribution in [2.24, 2.45) is 5.92 Å². The van der Waals surface area contributed by atoms with E-state index in [0.717, 1.165) is 28.4 Å². The lowest BCUT2D eigenvalue weighted by Crippen LogP contribution is -2.14. The van der Waals surface area contributed by atoms with E-state index in [9.17, 15) is 13.2 Å². The molecular weight excluding hydrogens is 422 g/mol. The Morgan fingerprint density at radius 1 is 0.875 bits per heavy atom.